The lowest BCUT2D eigenvalue weighted by molar-refractivity contribution is 0.305. The molecular weight excluding hydrogens is 176 g/mol. The van der Waals surface area contributed by atoms with Gasteiger partial charge in [-0.3, -0.25) is 5.10 Å². The minimum atomic E-state index is 0.110. The lowest BCUT2D eigenvalue weighted by atomic mass is 10.2. The molecule has 1 heterocycles. The van der Waals surface area contributed by atoms with Crippen molar-refractivity contribution in [1.29, 1.82) is 0 Å². The minimum Gasteiger partial charge on any atom is -0.395 e. The molecule has 0 radical (unpaired) electrons. The molecule has 0 aliphatic heterocycles. The molecule has 2 rings (SSSR count). The second-order valence-electron chi connectivity index (χ2n) is 2.95. The Balaban J connectivity index is 2.31. The molecule has 14 heavy (non-hydrogen) atoms. The van der Waals surface area contributed by atoms with E-state index in [2.05, 4.69) is 22.0 Å². The molecule has 70 valence electrons. The number of aromatic nitrogens is 2. The zero-order valence-corrected chi connectivity index (χ0v) is 7.62. The molecular formula is C11H10N2O. The summed E-state index contributed by atoms with van der Waals surface area (Å²) in [4.78, 5) is 0. The highest BCUT2D eigenvalue weighted by atomic mass is 16.2. The van der Waals surface area contributed by atoms with Crippen molar-refractivity contribution in [2.24, 2.45) is 0 Å². The van der Waals surface area contributed by atoms with Gasteiger partial charge in [-0.25, -0.2) is 0 Å². The largest absolute Gasteiger partial charge is 0.395 e. The number of aliphatic hydroxyl groups excluding tert-OH is 1. The summed E-state index contributed by atoms with van der Waals surface area (Å²) in [6.45, 7) is 0.110. The standard InChI is InChI=1S/C11H10N2O/c14-6-2-1-3-9-4-5-10-8-12-13-11(10)7-9/h4-5,7-8,14H,2,6H2,(H,12,13). The summed E-state index contributed by atoms with van der Waals surface area (Å²) in [5.74, 6) is 5.84. The van der Waals surface area contributed by atoms with Gasteiger partial charge in [0.2, 0.25) is 0 Å². The highest BCUT2D eigenvalue weighted by Gasteiger charge is 1.94. The van der Waals surface area contributed by atoms with Crippen LogP contribution in [0.2, 0.25) is 0 Å². The van der Waals surface area contributed by atoms with Crippen LogP contribution in [0, 0.1) is 11.8 Å². The van der Waals surface area contributed by atoms with Crippen molar-refractivity contribution in [2.75, 3.05) is 6.61 Å². The molecule has 3 heteroatoms. The van der Waals surface area contributed by atoms with Gasteiger partial charge in [-0.05, 0) is 18.2 Å². The number of aromatic amines is 1. The molecule has 2 aromatic rings. The smallest absolute Gasteiger partial charge is 0.0662 e. The van der Waals surface area contributed by atoms with E-state index in [1.807, 2.05) is 18.2 Å². The Hall–Kier alpha value is -1.79. The van der Waals surface area contributed by atoms with E-state index < -0.39 is 0 Å². The average Bonchev–Trinajstić information content (AvgIpc) is 2.65. The van der Waals surface area contributed by atoms with Crippen molar-refractivity contribution in [3.63, 3.8) is 0 Å². The molecule has 1 aromatic heterocycles. The quantitative estimate of drug-likeness (QED) is 0.659. The topological polar surface area (TPSA) is 48.9 Å². The van der Waals surface area contributed by atoms with E-state index in [1.165, 1.54) is 0 Å². The third kappa shape index (κ3) is 1.76. The van der Waals surface area contributed by atoms with Gasteiger partial charge in [-0.15, -0.1) is 0 Å². The van der Waals surface area contributed by atoms with E-state index >= 15 is 0 Å². The summed E-state index contributed by atoms with van der Waals surface area (Å²) in [6, 6.07) is 5.87. The SMILES string of the molecule is OCCC#Cc1ccc2cn[nH]c2c1. The highest BCUT2D eigenvalue weighted by molar-refractivity contribution is 5.79. The van der Waals surface area contributed by atoms with Crippen LogP contribution < -0.4 is 0 Å². The van der Waals surface area contributed by atoms with E-state index in [0.29, 0.717) is 6.42 Å². The molecule has 0 atom stereocenters. The van der Waals surface area contributed by atoms with Gasteiger partial charge in [0.25, 0.3) is 0 Å². The van der Waals surface area contributed by atoms with Crippen LogP contribution in [-0.2, 0) is 0 Å². The number of benzene rings is 1. The summed E-state index contributed by atoms with van der Waals surface area (Å²) in [5, 5.41) is 16.5. The Morgan fingerprint density at radius 1 is 1.43 bits per heavy atom. The van der Waals surface area contributed by atoms with Crippen molar-refractivity contribution >= 4 is 10.9 Å². The maximum atomic E-state index is 8.56. The summed E-state index contributed by atoms with van der Waals surface area (Å²) in [7, 11) is 0. The first kappa shape index (κ1) is 8.79. The van der Waals surface area contributed by atoms with Gasteiger partial charge in [0.1, 0.15) is 0 Å². The molecule has 0 amide bonds. The van der Waals surface area contributed by atoms with Gasteiger partial charge in [0, 0.05) is 17.4 Å². The number of H-pyrrole nitrogens is 1. The maximum Gasteiger partial charge on any atom is 0.0662 e. The van der Waals surface area contributed by atoms with E-state index in [1.54, 1.807) is 6.20 Å². The molecule has 0 saturated heterocycles. The number of nitrogens with one attached hydrogen (secondary N) is 1. The summed E-state index contributed by atoms with van der Waals surface area (Å²) in [6.07, 6.45) is 2.29. The fourth-order valence-corrected chi connectivity index (χ4v) is 1.24. The molecule has 0 aliphatic carbocycles. The van der Waals surface area contributed by atoms with Crippen LogP contribution in [0.3, 0.4) is 0 Å². The first-order valence-electron chi connectivity index (χ1n) is 4.43. The Morgan fingerprint density at radius 3 is 3.21 bits per heavy atom. The van der Waals surface area contributed by atoms with Crippen LogP contribution in [0.4, 0.5) is 0 Å². The first-order chi connectivity index (χ1) is 6.90. The number of hydrogen-bond donors (Lipinski definition) is 2. The number of aliphatic hydroxyl groups is 1. The van der Waals surface area contributed by atoms with E-state index in [4.69, 9.17) is 5.11 Å². The van der Waals surface area contributed by atoms with Gasteiger partial charge in [-0.1, -0.05) is 11.8 Å². The molecule has 0 bridgehead atoms. The number of rotatable bonds is 1. The second kappa shape index (κ2) is 3.95. The third-order valence-electron chi connectivity index (χ3n) is 1.91. The first-order valence-corrected chi connectivity index (χ1v) is 4.43. The predicted octanol–water partition coefficient (Wildman–Crippen LogP) is 1.30. The Bertz CT molecular complexity index is 490. The van der Waals surface area contributed by atoms with Crippen molar-refractivity contribution in [3.8, 4) is 11.8 Å². The van der Waals surface area contributed by atoms with Crippen LogP contribution in [0.5, 0.6) is 0 Å². The summed E-state index contributed by atoms with van der Waals surface area (Å²) in [5.41, 5.74) is 1.93. The van der Waals surface area contributed by atoms with Crippen LogP contribution in [-0.4, -0.2) is 21.9 Å². The highest BCUT2D eigenvalue weighted by Crippen LogP contribution is 2.11. The average molecular weight is 186 g/mol. The fraction of sp³-hybridized carbons (Fsp3) is 0.182. The molecule has 0 fully saturated rings. The van der Waals surface area contributed by atoms with Crippen LogP contribution in [0.15, 0.2) is 24.4 Å². The van der Waals surface area contributed by atoms with Crippen molar-refractivity contribution in [1.82, 2.24) is 10.2 Å². The van der Waals surface area contributed by atoms with Crippen molar-refractivity contribution in [2.45, 2.75) is 6.42 Å². The van der Waals surface area contributed by atoms with Gasteiger partial charge in [0.15, 0.2) is 0 Å². The molecule has 0 saturated carbocycles. The van der Waals surface area contributed by atoms with E-state index in [0.717, 1.165) is 16.5 Å². The Labute approximate surface area is 81.8 Å². The zero-order valence-electron chi connectivity index (χ0n) is 7.62. The van der Waals surface area contributed by atoms with E-state index in [9.17, 15) is 0 Å². The zero-order chi connectivity index (χ0) is 9.80. The van der Waals surface area contributed by atoms with Gasteiger partial charge in [-0.2, -0.15) is 5.10 Å². The Kier molecular flexibility index (Phi) is 2.48. The molecule has 0 unspecified atom stereocenters. The fourth-order valence-electron chi connectivity index (χ4n) is 1.24. The normalized spacial score (nSPS) is 9.79. The number of nitrogens with zero attached hydrogens (tertiary/aromatic N) is 1. The van der Waals surface area contributed by atoms with Crippen molar-refractivity contribution in [3.05, 3.63) is 30.0 Å². The van der Waals surface area contributed by atoms with Gasteiger partial charge in [0.05, 0.1) is 18.3 Å². The van der Waals surface area contributed by atoms with Crippen LogP contribution in [0.25, 0.3) is 10.9 Å². The third-order valence-corrected chi connectivity index (χ3v) is 1.91. The lowest BCUT2D eigenvalue weighted by Crippen LogP contribution is -1.78. The monoisotopic (exact) mass is 186 g/mol. The second-order valence-corrected chi connectivity index (χ2v) is 2.95. The van der Waals surface area contributed by atoms with Gasteiger partial charge < -0.3 is 5.11 Å². The lowest BCUT2D eigenvalue weighted by Gasteiger charge is -1.90. The number of fused-ring (bicyclic) bond motifs is 1. The molecule has 3 nitrogen and oxygen atoms in total. The Morgan fingerprint density at radius 2 is 2.36 bits per heavy atom. The molecule has 1 aromatic carbocycles. The van der Waals surface area contributed by atoms with Crippen LogP contribution in [0.1, 0.15) is 12.0 Å². The van der Waals surface area contributed by atoms with Crippen molar-refractivity contribution < 1.29 is 5.11 Å². The minimum absolute atomic E-state index is 0.110. The summed E-state index contributed by atoms with van der Waals surface area (Å²) < 4.78 is 0. The molecule has 2 N–H and O–H groups in total. The molecule has 0 spiro atoms. The van der Waals surface area contributed by atoms with Gasteiger partial charge >= 0.3 is 0 Å². The van der Waals surface area contributed by atoms with E-state index in [-0.39, 0.29) is 6.61 Å². The molecule has 0 aliphatic rings. The number of hydrogen-bond acceptors (Lipinski definition) is 2. The maximum absolute atomic E-state index is 8.56. The summed E-state index contributed by atoms with van der Waals surface area (Å²) >= 11 is 0. The van der Waals surface area contributed by atoms with Crippen LogP contribution >= 0.6 is 0 Å². The predicted molar refractivity (Wildman–Crippen MR) is 54.7 cm³/mol.